The number of halogens is 1. The Morgan fingerprint density at radius 1 is 1.26 bits per heavy atom. The molecule has 19 heavy (non-hydrogen) atoms. The monoisotopic (exact) mass is 272 g/mol. The molecule has 2 heterocycles. The number of hydrogen-bond donors (Lipinski definition) is 2. The molecule has 3 rings (SSSR count). The number of carbonyl (C=O) groups excluding carboxylic acids is 1. The van der Waals surface area contributed by atoms with Crippen molar-refractivity contribution in [2.45, 2.75) is 13.8 Å². The molecule has 4 heteroatoms. The first kappa shape index (κ1) is 12.1. The van der Waals surface area contributed by atoms with Crippen molar-refractivity contribution >= 4 is 34.8 Å². The van der Waals surface area contributed by atoms with Gasteiger partial charge in [-0.2, -0.15) is 0 Å². The van der Waals surface area contributed by atoms with E-state index in [9.17, 15) is 4.79 Å². The predicted octanol–water partition coefficient (Wildman–Crippen LogP) is 3.78. The van der Waals surface area contributed by atoms with Crippen LogP contribution in [0.1, 0.15) is 22.5 Å². The fourth-order valence-corrected chi connectivity index (χ4v) is 2.66. The Balaban J connectivity index is 2.17. The number of hydrogen-bond acceptors (Lipinski definition) is 1. The number of benzene rings is 1. The largest absolute Gasteiger partial charge is 0.359 e. The molecule has 2 aromatic rings. The van der Waals surface area contributed by atoms with Gasteiger partial charge in [0.1, 0.15) is 0 Å². The van der Waals surface area contributed by atoms with E-state index >= 15 is 0 Å². The fraction of sp³-hybridized carbons (Fsp3) is 0.133. The Morgan fingerprint density at radius 3 is 2.74 bits per heavy atom. The summed E-state index contributed by atoms with van der Waals surface area (Å²) in [4.78, 5) is 15.3. The van der Waals surface area contributed by atoms with Crippen LogP contribution in [0.4, 0.5) is 5.69 Å². The van der Waals surface area contributed by atoms with Gasteiger partial charge in [-0.1, -0.05) is 17.7 Å². The number of aromatic nitrogens is 1. The van der Waals surface area contributed by atoms with Gasteiger partial charge in [-0.3, -0.25) is 4.79 Å². The standard InChI is InChI=1S/C15H13ClN2O/c1-8-6-9(2)17-13(8)7-10-14-11(16)4-3-5-12(14)18-15(10)19/h3-7,17H,1-2H3,(H,18,19). The number of H-pyrrole nitrogens is 1. The summed E-state index contributed by atoms with van der Waals surface area (Å²) in [5.41, 5.74) is 5.27. The predicted molar refractivity (Wildman–Crippen MR) is 78.2 cm³/mol. The van der Waals surface area contributed by atoms with Crippen molar-refractivity contribution in [2.24, 2.45) is 0 Å². The second kappa shape index (κ2) is 4.28. The summed E-state index contributed by atoms with van der Waals surface area (Å²) in [6, 6.07) is 7.52. The minimum absolute atomic E-state index is 0.116. The molecule has 1 aliphatic heterocycles. The lowest BCUT2D eigenvalue weighted by Gasteiger charge is -2.01. The van der Waals surface area contributed by atoms with Gasteiger partial charge < -0.3 is 10.3 Å². The second-order valence-electron chi connectivity index (χ2n) is 4.72. The molecule has 0 spiro atoms. The Hall–Kier alpha value is -2.00. The first-order valence-electron chi connectivity index (χ1n) is 6.04. The molecule has 3 nitrogen and oxygen atoms in total. The maximum absolute atomic E-state index is 12.1. The van der Waals surface area contributed by atoms with Crippen molar-refractivity contribution in [1.82, 2.24) is 4.98 Å². The van der Waals surface area contributed by atoms with Crippen LogP contribution in [0.3, 0.4) is 0 Å². The Morgan fingerprint density at radius 2 is 2.05 bits per heavy atom. The molecule has 1 aromatic heterocycles. The topological polar surface area (TPSA) is 44.9 Å². The highest BCUT2D eigenvalue weighted by atomic mass is 35.5. The molecule has 0 atom stereocenters. The lowest BCUT2D eigenvalue weighted by Crippen LogP contribution is -2.03. The number of amides is 1. The zero-order valence-electron chi connectivity index (χ0n) is 10.7. The summed E-state index contributed by atoms with van der Waals surface area (Å²) < 4.78 is 0. The number of aromatic amines is 1. The molecule has 2 N–H and O–H groups in total. The van der Waals surface area contributed by atoms with Crippen LogP contribution >= 0.6 is 11.6 Å². The van der Waals surface area contributed by atoms with E-state index in [2.05, 4.69) is 10.3 Å². The summed E-state index contributed by atoms with van der Waals surface area (Å²) in [5.74, 6) is -0.116. The smallest absolute Gasteiger partial charge is 0.256 e. The quantitative estimate of drug-likeness (QED) is 0.763. The van der Waals surface area contributed by atoms with Crippen molar-refractivity contribution in [1.29, 1.82) is 0 Å². The lowest BCUT2D eigenvalue weighted by molar-refractivity contribution is -0.110. The highest BCUT2D eigenvalue weighted by Gasteiger charge is 2.26. The van der Waals surface area contributed by atoms with E-state index in [0.29, 0.717) is 10.6 Å². The molecular formula is C15H13ClN2O. The summed E-state index contributed by atoms with van der Waals surface area (Å²) in [6.07, 6.45) is 1.86. The minimum atomic E-state index is -0.116. The van der Waals surface area contributed by atoms with Crippen LogP contribution in [0.2, 0.25) is 5.02 Å². The molecule has 1 aliphatic rings. The summed E-state index contributed by atoms with van der Waals surface area (Å²) in [5, 5.41) is 3.42. The van der Waals surface area contributed by atoms with Crippen LogP contribution in [-0.4, -0.2) is 10.9 Å². The Kier molecular flexibility index (Phi) is 2.72. The van der Waals surface area contributed by atoms with E-state index in [4.69, 9.17) is 11.6 Å². The van der Waals surface area contributed by atoms with Crippen LogP contribution in [0.25, 0.3) is 11.6 Å². The molecule has 0 saturated carbocycles. The zero-order valence-corrected chi connectivity index (χ0v) is 11.4. The Bertz CT molecular complexity index is 713. The normalized spacial score (nSPS) is 15.7. The molecule has 0 saturated heterocycles. The third kappa shape index (κ3) is 1.96. The number of nitrogens with one attached hydrogen (secondary N) is 2. The maximum atomic E-state index is 12.1. The van der Waals surface area contributed by atoms with E-state index in [1.165, 1.54) is 0 Å². The third-order valence-corrected chi connectivity index (χ3v) is 3.57. The second-order valence-corrected chi connectivity index (χ2v) is 5.13. The van der Waals surface area contributed by atoms with Gasteiger partial charge >= 0.3 is 0 Å². The average Bonchev–Trinajstić information content (AvgIpc) is 2.82. The maximum Gasteiger partial charge on any atom is 0.256 e. The van der Waals surface area contributed by atoms with Gasteiger partial charge in [-0.05, 0) is 43.7 Å². The fourth-order valence-electron chi connectivity index (χ4n) is 2.39. The van der Waals surface area contributed by atoms with Gasteiger partial charge in [-0.25, -0.2) is 0 Å². The van der Waals surface area contributed by atoms with Crippen molar-refractivity contribution in [3.63, 3.8) is 0 Å². The van der Waals surface area contributed by atoms with Gasteiger partial charge in [0.15, 0.2) is 0 Å². The molecular weight excluding hydrogens is 260 g/mol. The molecule has 0 unspecified atom stereocenters. The molecule has 0 fully saturated rings. The van der Waals surface area contributed by atoms with Crippen molar-refractivity contribution in [3.8, 4) is 0 Å². The van der Waals surface area contributed by atoms with E-state index in [-0.39, 0.29) is 5.91 Å². The molecule has 0 bridgehead atoms. The first-order chi connectivity index (χ1) is 9.06. The number of carbonyl (C=O) groups is 1. The summed E-state index contributed by atoms with van der Waals surface area (Å²) >= 11 is 6.20. The van der Waals surface area contributed by atoms with Gasteiger partial charge in [0.2, 0.25) is 0 Å². The van der Waals surface area contributed by atoms with E-state index in [1.54, 1.807) is 6.07 Å². The van der Waals surface area contributed by atoms with E-state index < -0.39 is 0 Å². The highest BCUT2D eigenvalue weighted by Crippen LogP contribution is 2.38. The van der Waals surface area contributed by atoms with E-state index in [1.807, 2.05) is 38.1 Å². The third-order valence-electron chi connectivity index (χ3n) is 3.25. The van der Waals surface area contributed by atoms with Crippen molar-refractivity contribution in [2.75, 3.05) is 5.32 Å². The van der Waals surface area contributed by atoms with Gasteiger partial charge in [0.25, 0.3) is 5.91 Å². The number of fused-ring (bicyclic) bond motifs is 1. The van der Waals surface area contributed by atoms with Crippen LogP contribution in [0, 0.1) is 13.8 Å². The number of rotatable bonds is 1. The molecule has 0 aliphatic carbocycles. The van der Waals surface area contributed by atoms with Crippen LogP contribution in [-0.2, 0) is 4.79 Å². The number of aryl methyl sites for hydroxylation is 2. The van der Waals surface area contributed by atoms with Crippen molar-refractivity contribution < 1.29 is 4.79 Å². The summed E-state index contributed by atoms with van der Waals surface area (Å²) in [6.45, 7) is 4.00. The SMILES string of the molecule is Cc1cc(C)c(C=C2C(=O)Nc3cccc(Cl)c32)[nH]1. The molecule has 1 amide bonds. The minimum Gasteiger partial charge on any atom is -0.359 e. The van der Waals surface area contributed by atoms with Gasteiger partial charge in [0, 0.05) is 17.0 Å². The average molecular weight is 273 g/mol. The van der Waals surface area contributed by atoms with E-state index in [0.717, 1.165) is 28.2 Å². The van der Waals surface area contributed by atoms with Crippen LogP contribution < -0.4 is 5.32 Å². The molecule has 0 radical (unpaired) electrons. The van der Waals surface area contributed by atoms with Crippen LogP contribution in [0.5, 0.6) is 0 Å². The Labute approximate surface area is 116 Å². The van der Waals surface area contributed by atoms with Gasteiger partial charge in [-0.15, -0.1) is 0 Å². The first-order valence-corrected chi connectivity index (χ1v) is 6.42. The summed E-state index contributed by atoms with van der Waals surface area (Å²) in [7, 11) is 0. The lowest BCUT2D eigenvalue weighted by atomic mass is 10.1. The number of anilines is 1. The molecule has 1 aromatic carbocycles. The highest BCUT2D eigenvalue weighted by molar-refractivity contribution is 6.41. The zero-order chi connectivity index (χ0) is 13.6. The van der Waals surface area contributed by atoms with Gasteiger partial charge in [0.05, 0.1) is 16.3 Å². The molecule has 96 valence electrons. The van der Waals surface area contributed by atoms with Crippen LogP contribution in [0.15, 0.2) is 24.3 Å². The van der Waals surface area contributed by atoms with Crippen molar-refractivity contribution in [3.05, 3.63) is 51.8 Å².